The fourth-order valence-electron chi connectivity index (χ4n) is 8.91. The molecule has 2 saturated carbocycles. The zero-order valence-corrected chi connectivity index (χ0v) is 26.9. The normalized spacial score (nSPS) is 26.2. The van der Waals surface area contributed by atoms with E-state index in [0.717, 1.165) is 39.0 Å². The SMILES string of the molecule is COc1cc(OC2C(C)(C)C(NC(=O)c3ccc(N4CCC5(CC4)CC(N4CCC(O)CC4)C5)cc3)C2(C)C)ccc1C#N. The van der Waals surface area contributed by atoms with E-state index < -0.39 is 0 Å². The van der Waals surface area contributed by atoms with E-state index in [1.807, 2.05) is 12.1 Å². The first-order chi connectivity index (χ1) is 21.0. The van der Waals surface area contributed by atoms with E-state index in [1.54, 1.807) is 25.3 Å². The topological polar surface area (TPSA) is 98.1 Å². The minimum atomic E-state index is -0.306. The van der Waals surface area contributed by atoms with Crippen LogP contribution in [0.2, 0.25) is 0 Å². The predicted octanol–water partition coefficient (Wildman–Crippen LogP) is 5.38. The molecule has 4 aliphatic rings. The Hall–Kier alpha value is -3.28. The minimum absolute atomic E-state index is 0.0652. The maximum atomic E-state index is 13.4. The van der Waals surface area contributed by atoms with Gasteiger partial charge in [-0.25, -0.2) is 0 Å². The first kappa shape index (κ1) is 30.7. The Bertz CT molecular complexity index is 1370. The highest BCUT2D eigenvalue weighted by atomic mass is 16.5. The predicted molar refractivity (Wildman–Crippen MR) is 171 cm³/mol. The molecule has 2 aliphatic carbocycles. The molecular formula is C36H48N4O4. The van der Waals surface area contributed by atoms with Crippen LogP contribution in [0.3, 0.4) is 0 Å². The molecule has 2 heterocycles. The summed E-state index contributed by atoms with van der Waals surface area (Å²) >= 11 is 0. The van der Waals surface area contributed by atoms with E-state index in [0.29, 0.717) is 34.1 Å². The number of amides is 1. The van der Waals surface area contributed by atoms with Crippen molar-refractivity contribution < 1.29 is 19.4 Å². The molecule has 0 aromatic heterocycles. The van der Waals surface area contributed by atoms with Gasteiger partial charge in [0.05, 0.1) is 18.8 Å². The highest BCUT2D eigenvalue weighted by Crippen LogP contribution is 2.56. The van der Waals surface area contributed by atoms with E-state index in [4.69, 9.17) is 9.47 Å². The largest absolute Gasteiger partial charge is 0.495 e. The van der Waals surface area contributed by atoms with Gasteiger partial charge in [-0.3, -0.25) is 4.79 Å². The van der Waals surface area contributed by atoms with Gasteiger partial charge in [-0.15, -0.1) is 0 Å². The zero-order chi connectivity index (χ0) is 31.3. The van der Waals surface area contributed by atoms with Crippen molar-refractivity contribution in [2.45, 2.75) is 90.5 Å². The van der Waals surface area contributed by atoms with E-state index in [2.05, 4.69) is 61.0 Å². The summed E-state index contributed by atoms with van der Waals surface area (Å²) in [6.45, 7) is 12.7. The molecule has 1 amide bonds. The van der Waals surface area contributed by atoms with Crippen LogP contribution in [0, 0.1) is 27.6 Å². The second-order valence-corrected chi connectivity index (χ2v) is 14.9. The van der Waals surface area contributed by atoms with Gasteiger partial charge in [0.2, 0.25) is 0 Å². The first-order valence-electron chi connectivity index (χ1n) is 16.3. The summed E-state index contributed by atoms with van der Waals surface area (Å²) in [6.07, 6.45) is 6.67. The number of hydrogen-bond acceptors (Lipinski definition) is 7. The number of hydrogen-bond donors (Lipinski definition) is 2. The van der Waals surface area contributed by atoms with Gasteiger partial charge in [0.1, 0.15) is 23.7 Å². The molecule has 0 atom stereocenters. The quantitative estimate of drug-likeness (QED) is 0.440. The van der Waals surface area contributed by atoms with Gasteiger partial charge >= 0.3 is 0 Å². The molecule has 2 aromatic carbocycles. The van der Waals surface area contributed by atoms with Crippen LogP contribution in [0.5, 0.6) is 11.5 Å². The molecule has 236 valence electrons. The number of rotatable bonds is 7. The number of aliphatic hydroxyl groups excluding tert-OH is 1. The molecule has 4 fully saturated rings. The molecule has 1 spiro atoms. The number of benzene rings is 2. The van der Waals surface area contributed by atoms with Crippen molar-refractivity contribution in [3.8, 4) is 17.6 Å². The Morgan fingerprint density at radius 2 is 1.61 bits per heavy atom. The molecule has 2 saturated heterocycles. The van der Waals surface area contributed by atoms with Crippen LogP contribution in [-0.4, -0.2) is 73.5 Å². The zero-order valence-electron chi connectivity index (χ0n) is 26.9. The number of nitrogens with zero attached hydrogens (tertiary/aromatic N) is 3. The lowest BCUT2D eigenvalue weighted by molar-refractivity contribution is -0.164. The smallest absolute Gasteiger partial charge is 0.251 e. The number of nitriles is 1. The highest BCUT2D eigenvalue weighted by Gasteiger charge is 2.64. The molecule has 0 bridgehead atoms. The average molecular weight is 601 g/mol. The number of piperidine rings is 2. The van der Waals surface area contributed by atoms with Crippen LogP contribution in [0.15, 0.2) is 42.5 Å². The number of carbonyl (C=O) groups excluding carboxylic acids is 1. The Morgan fingerprint density at radius 1 is 0.977 bits per heavy atom. The van der Waals surface area contributed by atoms with Crippen molar-refractivity contribution in [3.63, 3.8) is 0 Å². The highest BCUT2D eigenvalue weighted by molar-refractivity contribution is 5.95. The van der Waals surface area contributed by atoms with Gasteiger partial charge in [-0.2, -0.15) is 5.26 Å². The van der Waals surface area contributed by atoms with Gasteiger partial charge in [0.15, 0.2) is 0 Å². The van der Waals surface area contributed by atoms with E-state index in [9.17, 15) is 15.2 Å². The Morgan fingerprint density at radius 3 is 2.20 bits per heavy atom. The summed E-state index contributed by atoms with van der Waals surface area (Å²) in [6, 6.07) is 16.1. The van der Waals surface area contributed by atoms with Crippen molar-refractivity contribution in [2.75, 3.05) is 38.2 Å². The second-order valence-electron chi connectivity index (χ2n) is 14.9. The lowest BCUT2D eigenvalue weighted by Crippen LogP contribution is -2.74. The molecule has 44 heavy (non-hydrogen) atoms. The molecule has 6 rings (SSSR count). The maximum Gasteiger partial charge on any atom is 0.251 e. The summed E-state index contributed by atoms with van der Waals surface area (Å²) in [4.78, 5) is 18.5. The van der Waals surface area contributed by atoms with Crippen LogP contribution in [0.4, 0.5) is 5.69 Å². The van der Waals surface area contributed by atoms with Gasteiger partial charge in [0.25, 0.3) is 5.91 Å². The number of carbonyl (C=O) groups is 1. The third-order valence-electron chi connectivity index (χ3n) is 11.3. The van der Waals surface area contributed by atoms with Crippen molar-refractivity contribution >= 4 is 11.6 Å². The third-order valence-corrected chi connectivity index (χ3v) is 11.3. The average Bonchev–Trinajstić information content (AvgIpc) is 3.01. The molecular weight excluding hydrogens is 552 g/mol. The van der Waals surface area contributed by atoms with E-state index in [-0.39, 0.29) is 35.0 Å². The number of methoxy groups -OCH3 is 1. The molecule has 2 aromatic rings. The number of ether oxygens (including phenoxy) is 2. The van der Waals surface area contributed by atoms with Gasteiger partial charge in [-0.05, 0) is 80.3 Å². The minimum Gasteiger partial charge on any atom is -0.495 e. The van der Waals surface area contributed by atoms with Gasteiger partial charge in [-0.1, -0.05) is 27.7 Å². The lowest BCUT2D eigenvalue weighted by Gasteiger charge is -2.63. The van der Waals surface area contributed by atoms with E-state index >= 15 is 0 Å². The lowest BCUT2D eigenvalue weighted by atomic mass is 9.49. The van der Waals surface area contributed by atoms with Crippen LogP contribution in [-0.2, 0) is 0 Å². The monoisotopic (exact) mass is 600 g/mol. The van der Waals surface area contributed by atoms with Gasteiger partial charge < -0.3 is 29.7 Å². The van der Waals surface area contributed by atoms with Crippen LogP contribution in [0.1, 0.15) is 82.1 Å². The number of aliphatic hydroxyl groups is 1. The second kappa shape index (κ2) is 11.6. The number of likely N-dealkylation sites (tertiary alicyclic amines) is 1. The van der Waals surface area contributed by atoms with Crippen molar-refractivity contribution in [3.05, 3.63) is 53.6 Å². The van der Waals surface area contributed by atoms with E-state index in [1.165, 1.54) is 31.4 Å². The number of anilines is 1. The summed E-state index contributed by atoms with van der Waals surface area (Å²) in [5.41, 5.74) is 2.21. The third kappa shape index (κ3) is 5.54. The molecule has 2 aliphatic heterocycles. The molecule has 0 radical (unpaired) electrons. The Kier molecular flexibility index (Phi) is 8.09. The van der Waals surface area contributed by atoms with Crippen LogP contribution in [0.25, 0.3) is 0 Å². The summed E-state index contributed by atoms with van der Waals surface area (Å²) < 4.78 is 11.8. The summed E-state index contributed by atoms with van der Waals surface area (Å²) in [5, 5.41) is 22.4. The van der Waals surface area contributed by atoms with Crippen LogP contribution < -0.4 is 19.7 Å². The summed E-state index contributed by atoms with van der Waals surface area (Å²) in [5.74, 6) is 1.07. The van der Waals surface area contributed by atoms with Crippen molar-refractivity contribution in [1.29, 1.82) is 5.26 Å². The number of nitrogens with one attached hydrogen (secondary N) is 1. The summed E-state index contributed by atoms with van der Waals surface area (Å²) in [7, 11) is 1.55. The fourth-order valence-corrected chi connectivity index (χ4v) is 8.91. The molecule has 8 nitrogen and oxygen atoms in total. The first-order valence-corrected chi connectivity index (χ1v) is 16.3. The fraction of sp³-hybridized carbons (Fsp3) is 0.611. The standard InChI is InChI=1S/C36H48N4O4/c1-34(2)32(35(3,4)33(34)44-29-11-8-25(23-37)30(20-29)43-5)38-31(42)24-6-9-26(10-7-24)40-18-14-36(15-19-40)21-27(22-36)39-16-12-28(41)13-17-39/h6-11,20,27-28,32-33,41H,12-19,21-22H2,1-5H3,(H,38,42). The Labute approximate surface area is 262 Å². The van der Waals surface area contributed by atoms with Crippen molar-refractivity contribution in [2.24, 2.45) is 16.2 Å². The van der Waals surface area contributed by atoms with Crippen LogP contribution >= 0.6 is 0 Å². The Balaban J connectivity index is 1.01. The van der Waals surface area contributed by atoms with Gasteiger partial charge in [0, 0.05) is 66.4 Å². The van der Waals surface area contributed by atoms with Crippen molar-refractivity contribution in [1.82, 2.24) is 10.2 Å². The molecule has 8 heteroatoms. The maximum absolute atomic E-state index is 13.4. The molecule has 0 unspecified atom stereocenters. The molecule has 2 N–H and O–H groups in total.